The van der Waals surface area contributed by atoms with Crippen molar-refractivity contribution < 1.29 is 17.9 Å². The number of nitrogens with one attached hydrogen (secondary N) is 1. The molecule has 9 nitrogen and oxygen atoms in total. The molecule has 10 heteroatoms. The number of fused-ring (bicyclic) bond motifs is 1. The number of methoxy groups -OCH3 is 1. The minimum absolute atomic E-state index is 0.0243. The molecule has 3 N–H and O–H groups in total. The standard InChI is InChI=1S/C20H17N5O4S/c1-28-18-10-7-15(12-22-18)29-17-4-2-3-13-11-23-20(25-19(13)17)24-14-5-8-16(9-6-14)30(21,26)27/h2-12H,1H3,(H2,21,26,27)(H,23,24,25). The molecule has 30 heavy (non-hydrogen) atoms. The summed E-state index contributed by atoms with van der Waals surface area (Å²) in [4.78, 5) is 13.0. The monoisotopic (exact) mass is 423 g/mol. The van der Waals surface area contributed by atoms with Crippen LogP contribution in [0.5, 0.6) is 17.4 Å². The van der Waals surface area contributed by atoms with Crippen molar-refractivity contribution in [2.45, 2.75) is 4.90 Å². The highest BCUT2D eigenvalue weighted by atomic mass is 32.2. The van der Waals surface area contributed by atoms with E-state index in [4.69, 9.17) is 14.6 Å². The molecule has 152 valence electrons. The van der Waals surface area contributed by atoms with Gasteiger partial charge >= 0.3 is 0 Å². The highest BCUT2D eigenvalue weighted by molar-refractivity contribution is 7.89. The summed E-state index contributed by atoms with van der Waals surface area (Å²) in [5.41, 5.74) is 1.21. The average Bonchev–Trinajstić information content (AvgIpc) is 2.74. The Balaban J connectivity index is 1.62. The number of ether oxygens (including phenoxy) is 2. The van der Waals surface area contributed by atoms with E-state index in [0.29, 0.717) is 34.5 Å². The SMILES string of the molecule is COc1ccc(Oc2cccc3cnc(Nc4ccc(S(N)(=O)=O)cc4)nc23)cn1. The van der Waals surface area contributed by atoms with E-state index in [1.165, 1.54) is 12.1 Å². The number of anilines is 2. The molecule has 0 aliphatic rings. The van der Waals surface area contributed by atoms with Crippen molar-refractivity contribution >= 4 is 32.6 Å². The van der Waals surface area contributed by atoms with Crippen LogP contribution in [0.2, 0.25) is 0 Å². The molecule has 0 amide bonds. The minimum atomic E-state index is -3.75. The summed E-state index contributed by atoms with van der Waals surface area (Å²) in [6.45, 7) is 0. The molecule has 0 fully saturated rings. The molecule has 2 aromatic heterocycles. The predicted molar refractivity (Wildman–Crippen MR) is 111 cm³/mol. The maximum Gasteiger partial charge on any atom is 0.238 e. The molecule has 0 aliphatic carbocycles. The quantitative estimate of drug-likeness (QED) is 0.484. The van der Waals surface area contributed by atoms with Crippen LogP contribution >= 0.6 is 0 Å². The molecule has 0 unspecified atom stereocenters. The van der Waals surface area contributed by atoms with Gasteiger partial charge in [0, 0.05) is 23.3 Å². The molecule has 4 rings (SSSR count). The van der Waals surface area contributed by atoms with Gasteiger partial charge in [0.2, 0.25) is 21.9 Å². The van der Waals surface area contributed by atoms with Crippen LogP contribution in [0.4, 0.5) is 11.6 Å². The lowest BCUT2D eigenvalue weighted by atomic mass is 10.2. The number of rotatable bonds is 6. The normalized spacial score (nSPS) is 11.3. The van der Waals surface area contributed by atoms with Gasteiger partial charge in [0.15, 0.2) is 5.75 Å². The van der Waals surface area contributed by atoms with Crippen LogP contribution in [0, 0.1) is 0 Å². The summed E-state index contributed by atoms with van der Waals surface area (Å²) >= 11 is 0. The molecule has 0 saturated heterocycles. The van der Waals surface area contributed by atoms with Crippen LogP contribution in [0.3, 0.4) is 0 Å². The smallest absolute Gasteiger partial charge is 0.238 e. The lowest BCUT2D eigenvalue weighted by Gasteiger charge is -2.10. The Hall–Kier alpha value is -3.76. The van der Waals surface area contributed by atoms with Crippen LogP contribution in [0.25, 0.3) is 10.9 Å². The van der Waals surface area contributed by atoms with Crippen molar-refractivity contribution in [3.63, 3.8) is 0 Å². The topological polar surface area (TPSA) is 129 Å². The lowest BCUT2D eigenvalue weighted by molar-refractivity contribution is 0.395. The Labute approximate surface area is 172 Å². The first-order valence-corrected chi connectivity index (χ1v) is 10.3. The Morgan fingerprint density at radius 1 is 0.967 bits per heavy atom. The van der Waals surface area contributed by atoms with Gasteiger partial charge in [-0.2, -0.15) is 0 Å². The van der Waals surface area contributed by atoms with E-state index in [9.17, 15) is 8.42 Å². The zero-order valence-corrected chi connectivity index (χ0v) is 16.6. The van der Waals surface area contributed by atoms with Crippen molar-refractivity contribution in [2.24, 2.45) is 5.14 Å². The van der Waals surface area contributed by atoms with Gasteiger partial charge in [0.1, 0.15) is 11.3 Å². The van der Waals surface area contributed by atoms with Crippen LogP contribution in [-0.2, 0) is 10.0 Å². The second-order valence-corrected chi connectivity index (χ2v) is 7.78. The molecule has 2 aromatic carbocycles. The minimum Gasteiger partial charge on any atom is -0.481 e. The highest BCUT2D eigenvalue weighted by Crippen LogP contribution is 2.29. The fraction of sp³-hybridized carbons (Fsp3) is 0.0500. The number of pyridine rings is 1. The number of hydrogen-bond acceptors (Lipinski definition) is 8. The molecule has 0 spiro atoms. The van der Waals surface area contributed by atoms with Gasteiger partial charge in [0.25, 0.3) is 0 Å². The average molecular weight is 423 g/mol. The Kier molecular flexibility index (Phi) is 5.17. The molecule has 0 saturated carbocycles. The number of aromatic nitrogens is 3. The number of nitrogens with zero attached hydrogens (tertiary/aromatic N) is 3. The Bertz CT molecular complexity index is 1290. The van der Waals surface area contributed by atoms with Crippen LogP contribution < -0.4 is 19.9 Å². The largest absolute Gasteiger partial charge is 0.481 e. The van der Waals surface area contributed by atoms with Gasteiger partial charge < -0.3 is 14.8 Å². The molecule has 4 aromatic rings. The first-order valence-electron chi connectivity index (χ1n) is 8.76. The summed E-state index contributed by atoms with van der Waals surface area (Å²) < 4.78 is 33.7. The van der Waals surface area contributed by atoms with E-state index in [-0.39, 0.29) is 4.90 Å². The zero-order chi connectivity index (χ0) is 21.1. The van der Waals surface area contributed by atoms with E-state index in [2.05, 4.69) is 20.3 Å². The van der Waals surface area contributed by atoms with Gasteiger partial charge in [-0.3, -0.25) is 0 Å². The number of nitrogens with two attached hydrogens (primary N) is 1. The van der Waals surface area contributed by atoms with Crippen LogP contribution in [-0.4, -0.2) is 30.5 Å². The third-order valence-corrected chi connectivity index (χ3v) is 5.09. The summed E-state index contributed by atoms with van der Waals surface area (Å²) in [6, 6.07) is 14.9. The van der Waals surface area contributed by atoms with Gasteiger partial charge in [-0.05, 0) is 36.4 Å². The second kappa shape index (κ2) is 7.93. The molecule has 0 bridgehead atoms. The van der Waals surface area contributed by atoms with E-state index >= 15 is 0 Å². The predicted octanol–water partition coefficient (Wildman–Crippen LogP) is 3.22. The van der Waals surface area contributed by atoms with Gasteiger partial charge in [-0.25, -0.2) is 28.5 Å². The van der Waals surface area contributed by atoms with Crippen LogP contribution in [0.1, 0.15) is 0 Å². The van der Waals surface area contributed by atoms with Crippen molar-refractivity contribution in [1.82, 2.24) is 15.0 Å². The number of benzene rings is 2. The fourth-order valence-corrected chi connectivity index (χ4v) is 3.22. The molecule has 2 heterocycles. The maximum absolute atomic E-state index is 11.4. The summed E-state index contributed by atoms with van der Waals surface area (Å²) in [6.07, 6.45) is 3.23. The molecule has 0 aliphatic heterocycles. The van der Waals surface area contributed by atoms with Crippen molar-refractivity contribution in [2.75, 3.05) is 12.4 Å². The first-order chi connectivity index (χ1) is 14.4. The van der Waals surface area contributed by atoms with Gasteiger partial charge in [0.05, 0.1) is 18.2 Å². The molecule has 0 atom stereocenters. The summed E-state index contributed by atoms with van der Waals surface area (Å²) in [5.74, 6) is 1.89. The summed E-state index contributed by atoms with van der Waals surface area (Å²) in [5, 5.41) is 8.95. The lowest BCUT2D eigenvalue weighted by Crippen LogP contribution is -2.11. The number of sulfonamides is 1. The van der Waals surface area contributed by atoms with Crippen LogP contribution in [0.15, 0.2) is 71.9 Å². The zero-order valence-electron chi connectivity index (χ0n) is 15.8. The van der Waals surface area contributed by atoms with E-state index in [0.717, 1.165) is 5.39 Å². The second-order valence-electron chi connectivity index (χ2n) is 6.22. The third kappa shape index (κ3) is 4.29. The van der Waals surface area contributed by atoms with Crippen molar-refractivity contribution in [1.29, 1.82) is 0 Å². The van der Waals surface area contributed by atoms with E-state index < -0.39 is 10.0 Å². The highest BCUT2D eigenvalue weighted by Gasteiger charge is 2.10. The van der Waals surface area contributed by atoms with Crippen molar-refractivity contribution in [3.8, 4) is 17.4 Å². The van der Waals surface area contributed by atoms with Crippen molar-refractivity contribution in [3.05, 3.63) is 67.0 Å². The Morgan fingerprint density at radius 3 is 2.43 bits per heavy atom. The molecular formula is C20H17N5O4S. The van der Waals surface area contributed by atoms with E-state index in [1.54, 1.807) is 49.8 Å². The first kappa shape index (κ1) is 19.6. The molecule has 0 radical (unpaired) electrons. The number of primary sulfonamides is 1. The van der Waals surface area contributed by atoms with Gasteiger partial charge in [-0.1, -0.05) is 12.1 Å². The fourth-order valence-electron chi connectivity index (χ4n) is 2.70. The third-order valence-electron chi connectivity index (χ3n) is 4.16. The van der Waals surface area contributed by atoms with E-state index in [1.807, 2.05) is 12.1 Å². The molecular weight excluding hydrogens is 406 g/mol. The summed E-state index contributed by atoms with van der Waals surface area (Å²) in [7, 11) is -2.21. The number of hydrogen-bond donors (Lipinski definition) is 2. The van der Waals surface area contributed by atoms with Gasteiger partial charge in [-0.15, -0.1) is 0 Å². The maximum atomic E-state index is 11.4. The Morgan fingerprint density at radius 2 is 1.77 bits per heavy atom. The number of para-hydroxylation sites is 1.